The molecule has 0 radical (unpaired) electrons. The predicted molar refractivity (Wildman–Crippen MR) is 107 cm³/mol. The summed E-state index contributed by atoms with van der Waals surface area (Å²) < 4.78 is 5.61. The molecule has 2 saturated heterocycles. The lowest BCUT2D eigenvalue weighted by atomic mass is 9.95. The maximum absolute atomic E-state index is 12.3. The topological polar surface area (TPSA) is 101 Å². The maximum atomic E-state index is 12.3. The number of nitrogens with two attached hydrogens (primary N) is 1. The van der Waals surface area contributed by atoms with Gasteiger partial charge in [-0.15, -0.1) is 11.3 Å². The lowest BCUT2D eigenvalue weighted by molar-refractivity contribution is -0.149. The molecule has 1 aliphatic carbocycles. The number of carbonyl (C=O) groups is 2. The molecule has 1 aromatic rings. The summed E-state index contributed by atoms with van der Waals surface area (Å²) >= 11 is 1.24. The number of likely N-dealkylation sites (tertiary alicyclic amines) is 1. The Balaban J connectivity index is 1.21. The van der Waals surface area contributed by atoms with E-state index in [9.17, 15) is 9.59 Å². The average molecular weight is 408 g/mol. The van der Waals surface area contributed by atoms with E-state index in [1.807, 2.05) is 4.90 Å². The van der Waals surface area contributed by atoms with Crippen LogP contribution in [0.25, 0.3) is 0 Å². The van der Waals surface area contributed by atoms with E-state index in [1.54, 1.807) is 5.38 Å². The van der Waals surface area contributed by atoms with Crippen molar-refractivity contribution in [1.29, 1.82) is 0 Å². The Morgan fingerprint density at radius 2 is 2.00 bits per heavy atom. The van der Waals surface area contributed by atoms with E-state index in [2.05, 4.69) is 15.2 Å². The van der Waals surface area contributed by atoms with Gasteiger partial charge in [-0.25, -0.2) is 4.98 Å². The molecule has 3 N–H and O–H groups in total. The largest absolute Gasteiger partial charge is 0.375 e. The summed E-state index contributed by atoms with van der Waals surface area (Å²) in [5, 5.41) is 4.84. The molecule has 1 atom stereocenters. The normalized spacial score (nSPS) is 24.5. The Kier molecular flexibility index (Phi) is 6.13. The minimum Gasteiger partial charge on any atom is -0.375 e. The van der Waals surface area contributed by atoms with Crippen LogP contribution in [-0.2, 0) is 9.53 Å². The van der Waals surface area contributed by atoms with Crippen molar-refractivity contribution in [1.82, 2.24) is 20.1 Å². The van der Waals surface area contributed by atoms with E-state index in [1.165, 1.54) is 30.7 Å². The van der Waals surface area contributed by atoms with Crippen LogP contribution in [0.3, 0.4) is 0 Å². The van der Waals surface area contributed by atoms with Crippen molar-refractivity contribution in [2.45, 2.75) is 31.8 Å². The number of nitrogen functional groups attached to an aromatic ring is 1. The van der Waals surface area contributed by atoms with Gasteiger partial charge in [0, 0.05) is 31.6 Å². The van der Waals surface area contributed by atoms with Gasteiger partial charge in [-0.2, -0.15) is 0 Å². The highest BCUT2D eigenvalue weighted by molar-refractivity contribution is 7.13. The molecular weight excluding hydrogens is 378 g/mol. The van der Waals surface area contributed by atoms with Crippen molar-refractivity contribution in [3.8, 4) is 0 Å². The molecule has 2 amide bonds. The Labute approximate surface area is 169 Å². The van der Waals surface area contributed by atoms with Gasteiger partial charge in [-0.3, -0.25) is 9.59 Å². The third-order valence-electron chi connectivity index (χ3n) is 5.86. The summed E-state index contributed by atoms with van der Waals surface area (Å²) in [5.41, 5.74) is 5.89. The molecule has 0 spiro atoms. The first-order valence-corrected chi connectivity index (χ1v) is 11.1. The Bertz CT molecular complexity index is 699. The zero-order valence-corrected chi connectivity index (χ0v) is 17.0. The van der Waals surface area contributed by atoms with E-state index < -0.39 is 0 Å². The molecular formula is C19H29N5O3S. The number of aromatic nitrogens is 1. The number of nitrogens with zero attached hydrogens (tertiary/aromatic N) is 3. The number of thiazole rings is 1. The summed E-state index contributed by atoms with van der Waals surface area (Å²) in [6.45, 7) is 5.33. The number of ether oxygens (including phenoxy) is 1. The van der Waals surface area contributed by atoms with Gasteiger partial charge in [0.2, 0.25) is 5.91 Å². The molecule has 0 unspecified atom stereocenters. The number of amides is 2. The van der Waals surface area contributed by atoms with Gasteiger partial charge in [0.1, 0.15) is 12.3 Å². The summed E-state index contributed by atoms with van der Waals surface area (Å²) in [4.78, 5) is 32.9. The zero-order chi connectivity index (χ0) is 19.5. The molecule has 9 heteroatoms. The molecule has 3 heterocycles. The van der Waals surface area contributed by atoms with Gasteiger partial charge < -0.3 is 25.6 Å². The smallest absolute Gasteiger partial charge is 0.270 e. The third kappa shape index (κ3) is 5.21. The summed E-state index contributed by atoms with van der Waals surface area (Å²) in [7, 11) is 0. The van der Waals surface area contributed by atoms with Crippen LogP contribution < -0.4 is 11.1 Å². The van der Waals surface area contributed by atoms with Crippen molar-refractivity contribution >= 4 is 28.3 Å². The second-order valence-corrected chi connectivity index (χ2v) is 9.09. The minimum atomic E-state index is -0.261. The first kappa shape index (κ1) is 19.6. The van der Waals surface area contributed by atoms with Gasteiger partial charge in [0.25, 0.3) is 5.91 Å². The maximum Gasteiger partial charge on any atom is 0.270 e. The molecule has 1 saturated carbocycles. The van der Waals surface area contributed by atoms with Crippen LogP contribution in [-0.4, -0.2) is 78.6 Å². The molecule has 2 aliphatic heterocycles. The Morgan fingerprint density at radius 3 is 2.68 bits per heavy atom. The number of hydrogen-bond donors (Lipinski definition) is 2. The predicted octanol–water partition coefficient (Wildman–Crippen LogP) is 0.805. The summed E-state index contributed by atoms with van der Waals surface area (Å²) in [6.07, 6.45) is 4.92. The standard InChI is InChI=1S/C19H29N5O3S/c20-19-22-16(12-28-19)18(26)21-7-15-10-24(17(25)11-27-15)9-14-3-5-23(6-4-14)8-13-1-2-13/h12-15H,1-11H2,(H2,20,22)(H,21,26)/t15-/m0/s1. The van der Waals surface area contributed by atoms with E-state index in [4.69, 9.17) is 10.5 Å². The second kappa shape index (κ2) is 8.75. The first-order chi connectivity index (χ1) is 13.6. The molecule has 0 bridgehead atoms. The van der Waals surface area contributed by atoms with Gasteiger partial charge >= 0.3 is 0 Å². The lowest BCUT2D eigenvalue weighted by Crippen LogP contribution is -2.52. The number of piperidine rings is 1. The molecule has 28 heavy (non-hydrogen) atoms. The van der Waals surface area contributed by atoms with Gasteiger partial charge in [0.05, 0.1) is 6.10 Å². The van der Waals surface area contributed by atoms with Crippen LogP contribution in [0.15, 0.2) is 5.38 Å². The fraction of sp³-hybridized carbons (Fsp3) is 0.737. The van der Waals surface area contributed by atoms with Gasteiger partial charge in [0.15, 0.2) is 5.13 Å². The lowest BCUT2D eigenvalue weighted by Gasteiger charge is -2.38. The van der Waals surface area contributed by atoms with Crippen LogP contribution in [0.4, 0.5) is 5.13 Å². The number of hydrogen-bond acceptors (Lipinski definition) is 7. The average Bonchev–Trinajstić information content (AvgIpc) is 3.40. The molecule has 4 rings (SSSR count). The van der Waals surface area contributed by atoms with Crippen LogP contribution >= 0.6 is 11.3 Å². The highest BCUT2D eigenvalue weighted by atomic mass is 32.1. The molecule has 0 aromatic carbocycles. The third-order valence-corrected chi connectivity index (χ3v) is 6.54. The zero-order valence-electron chi connectivity index (χ0n) is 16.1. The molecule has 3 aliphatic rings. The van der Waals surface area contributed by atoms with Crippen molar-refractivity contribution in [2.24, 2.45) is 11.8 Å². The fourth-order valence-corrected chi connectivity index (χ4v) is 4.54. The molecule has 154 valence electrons. The van der Waals surface area contributed by atoms with Crippen LogP contribution in [0, 0.1) is 11.8 Å². The monoisotopic (exact) mass is 407 g/mol. The number of anilines is 1. The van der Waals surface area contributed by atoms with Gasteiger partial charge in [-0.1, -0.05) is 0 Å². The highest BCUT2D eigenvalue weighted by Crippen LogP contribution is 2.31. The second-order valence-electron chi connectivity index (χ2n) is 8.20. The van der Waals surface area contributed by atoms with Gasteiger partial charge in [-0.05, 0) is 50.6 Å². The number of rotatable bonds is 7. The van der Waals surface area contributed by atoms with Crippen LogP contribution in [0.2, 0.25) is 0 Å². The van der Waals surface area contributed by atoms with Crippen molar-refractivity contribution in [2.75, 3.05) is 51.6 Å². The van der Waals surface area contributed by atoms with E-state index >= 15 is 0 Å². The quantitative estimate of drug-likeness (QED) is 0.694. The molecule has 8 nitrogen and oxygen atoms in total. The summed E-state index contributed by atoms with van der Waals surface area (Å²) in [5.74, 6) is 1.29. The van der Waals surface area contributed by atoms with Crippen LogP contribution in [0.5, 0.6) is 0 Å². The Morgan fingerprint density at radius 1 is 1.25 bits per heavy atom. The summed E-state index contributed by atoms with van der Waals surface area (Å²) in [6, 6.07) is 0. The number of nitrogens with one attached hydrogen (secondary N) is 1. The van der Waals surface area contributed by atoms with Crippen molar-refractivity contribution in [3.63, 3.8) is 0 Å². The number of morpholine rings is 1. The number of carbonyl (C=O) groups excluding carboxylic acids is 2. The van der Waals surface area contributed by atoms with E-state index in [0.717, 1.165) is 38.4 Å². The van der Waals surface area contributed by atoms with E-state index in [0.29, 0.717) is 29.8 Å². The fourth-order valence-electron chi connectivity index (χ4n) is 4.00. The Hall–Kier alpha value is -1.71. The first-order valence-electron chi connectivity index (χ1n) is 10.2. The van der Waals surface area contributed by atoms with E-state index in [-0.39, 0.29) is 24.5 Å². The molecule has 1 aromatic heterocycles. The SMILES string of the molecule is Nc1nc(C(=O)NC[C@H]2CN(CC3CCN(CC4CC4)CC3)C(=O)CO2)cs1. The minimum absolute atomic E-state index is 0.0512. The van der Waals surface area contributed by atoms with Crippen molar-refractivity contribution in [3.05, 3.63) is 11.1 Å². The highest BCUT2D eigenvalue weighted by Gasteiger charge is 2.31. The van der Waals surface area contributed by atoms with Crippen LogP contribution in [0.1, 0.15) is 36.2 Å². The molecule has 3 fully saturated rings. The van der Waals surface area contributed by atoms with Crippen molar-refractivity contribution < 1.29 is 14.3 Å².